The van der Waals surface area contributed by atoms with Crippen molar-refractivity contribution < 1.29 is 14.3 Å². The first-order valence-corrected chi connectivity index (χ1v) is 7.51. The molecule has 0 saturated carbocycles. The molecular formula is C16H23N3O3. The monoisotopic (exact) mass is 305 g/mol. The maximum Gasteiger partial charge on any atom is 0.254 e. The van der Waals surface area contributed by atoms with Crippen LogP contribution in [-0.4, -0.2) is 68.5 Å². The summed E-state index contributed by atoms with van der Waals surface area (Å²) in [7, 11) is 3.41. The number of carbonyl (C=O) groups excluding carboxylic acids is 2. The van der Waals surface area contributed by atoms with E-state index in [2.05, 4.69) is 5.32 Å². The Morgan fingerprint density at radius 3 is 2.50 bits per heavy atom. The summed E-state index contributed by atoms with van der Waals surface area (Å²) in [6.45, 7) is 3.01. The lowest BCUT2D eigenvalue weighted by Gasteiger charge is -2.35. The van der Waals surface area contributed by atoms with Gasteiger partial charge >= 0.3 is 0 Å². The van der Waals surface area contributed by atoms with E-state index < -0.39 is 0 Å². The Bertz CT molecular complexity index is 525. The molecule has 6 nitrogen and oxygen atoms in total. The van der Waals surface area contributed by atoms with Gasteiger partial charge in [-0.25, -0.2) is 0 Å². The fourth-order valence-corrected chi connectivity index (χ4v) is 2.49. The summed E-state index contributed by atoms with van der Waals surface area (Å²) in [5, 5.41) is 2.97. The van der Waals surface area contributed by atoms with Crippen LogP contribution in [0.25, 0.3) is 0 Å². The molecule has 6 heteroatoms. The SMILES string of the molecule is CNCCC(=O)N1CCN(C(=O)c2cccc(OC)c2)CC1. The van der Waals surface area contributed by atoms with E-state index in [0.717, 1.165) is 0 Å². The van der Waals surface area contributed by atoms with Crippen LogP contribution in [0.4, 0.5) is 0 Å². The standard InChI is InChI=1S/C16H23N3O3/c1-17-7-6-15(20)18-8-10-19(11-9-18)16(21)13-4-3-5-14(12-13)22-2/h3-5,12,17H,6-11H2,1-2H3. The van der Waals surface area contributed by atoms with Crippen molar-refractivity contribution in [3.05, 3.63) is 29.8 Å². The zero-order valence-electron chi connectivity index (χ0n) is 13.2. The van der Waals surface area contributed by atoms with Crippen LogP contribution in [0, 0.1) is 0 Å². The third-order valence-corrected chi connectivity index (χ3v) is 3.83. The van der Waals surface area contributed by atoms with Crippen LogP contribution in [0.2, 0.25) is 0 Å². The quantitative estimate of drug-likeness (QED) is 0.865. The number of hydrogen-bond donors (Lipinski definition) is 1. The Kier molecular flexibility index (Phi) is 5.77. The third-order valence-electron chi connectivity index (χ3n) is 3.83. The van der Waals surface area contributed by atoms with Crippen molar-refractivity contribution in [3.63, 3.8) is 0 Å². The smallest absolute Gasteiger partial charge is 0.254 e. The average Bonchev–Trinajstić information content (AvgIpc) is 2.59. The lowest BCUT2D eigenvalue weighted by Crippen LogP contribution is -2.50. The lowest BCUT2D eigenvalue weighted by molar-refractivity contribution is -0.132. The highest BCUT2D eigenvalue weighted by molar-refractivity contribution is 5.94. The van der Waals surface area contributed by atoms with Crippen LogP contribution >= 0.6 is 0 Å². The van der Waals surface area contributed by atoms with Gasteiger partial charge in [-0.05, 0) is 25.2 Å². The van der Waals surface area contributed by atoms with Crippen molar-refractivity contribution in [2.75, 3.05) is 46.9 Å². The molecule has 120 valence electrons. The molecule has 0 spiro atoms. The van der Waals surface area contributed by atoms with E-state index in [9.17, 15) is 9.59 Å². The number of piperazine rings is 1. The molecule has 2 amide bonds. The van der Waals surface area contributed by atoms with Crippen LogP contribution in [0.3, 0.4) is 0 Å². The molecule has 0 aliphatic carbocycles. The van der Waals surface area contributed by atoms with Crippen LogP contribution in [0.15, 0.2) is 24.3 Å². The van der Waals surface area contributed by atoms with E-state index in [1.54, 1.807) is 24.1 Å². The molecule has 1 aliphatic rings. The van der Waals surface area contributed by atoms with E-state index >= 15 is 0 Å². The van der Waals surface area contributed by atoms with Crippen molar-refractivity contribution in [1.82, 2.24) is 15.1 Å². The molecule has 1 N–H and O–H groups in total. The van der Waals surface area contributed by atoms with Crippen LogP contribution in [-0.2, 0) is 4.79 Å². The number of rotatable bonds is 5. The molecule has 1 fully saturated rings. The molecule has 0 aromatic heterocycles. The molecule has 22 heavy (non-hydrogen) atoms. The van der Waals surface area contributed by atoms with Gasteiger partial charge in [0.2, 0.25) is 5.91 Å². The molecule has 1 aromatic carbocycles. The van der Waals surface area contributed by atoms with Gasteiger partial charge in [0, 0.05) is 44.7 Å². The minimum Gasteiger partial charge on any atom is -0.497 e. The Hall–Kier alpha value is -2.08. The van der Waals surface area contributed by atoms with Gasteiger partial charge in [-0.3, -0.25) is 9.59 Å². The highest BCUT2D eigenvalue weighted by Crippen LogP contribution is 2.15. The van der Waals surface area contributed by atoms with Gasteiger partial charge in [0.15, 0.2) is 0 Å². The molecule has 1 aromatic rings. The van der Waals surface area contributed by atoms with Gasteiger partial charge in [0.25, 0.3) is 5.91 Å². The summed E-state index contributed by atoms with van der Waals surface area (Å²) in [6, 6.07) is 7.15. The zero-order chi connectivity index (χ0) is 15.9. The molecule has 0 bridgehead atoms. The third kappa shape index (κ3) is 3.98. The summed E-state index contributed by atoms with van der Waals surface area (Å²) >= 11 is 0. The van der Waals surface area contributed by atoms with Crippen molar-refractivity contribution in [2.45, 2.75) is 6.42 Å². The van der Waals surface area contributed by atoms with E-state index in [1.807, 2.05) is 24.1 Å². The van der Waals surface area contributed by atoms with E-state index in [1.165, 1.54) is 0 Å². The van der Waals surface area contributed by atoms with Gasteiger partial charge in [-0.1, -0.05) is 6.07 Å². The van der Waals surface area contributed by atoms with E-state index in [-0.39, 0.29) is 11.8 Å². The maximum atomic E-state index is 12.5. The van der Waals surface area contributed by atoms with E-state index in [4.69, 9.17) is 4.74 Å². The second kappa shape index (κ2) is 7.79. The van der Waals surface area contributed by atoms with Crippen LogP contribution < -0.4 is 10.1 Å². The zero-order valence-corrected chi connectivity index (χ0v) is 13.2. The molecule has 2 rings (SSSR count). The maximum absolute atomic E-state index is 12.5. The van der Waals surface area contributed by atoms with Crippen LogP contribution in [0.5, 0.6) is 5.75 Å². The average molecular weight is 305 g/mol. The van der Waals surface area contributed by atoms with E-state index in [0.29, 0.717) is 50.5 Å². The molecule has 1 aliphatic heterocycles. The number of nitrogens with zero attached hydrogens (tertiary/aromatic N) is 2. The molecule has 0 unspecified atom stereocenters. The second-order valence-electron chi connectivity index (χ2n) is 5.26. The summed E-state index contributed by atoms with van der Waals surface area (Å²) in [4.78, 5) is 28.0. The first kappa shape index (κ1) is 16.3. The first-order valence-electron chi connectivity index (χ1n) is 7.51. The van der Waals surface area contributed by atoms with Crippen molar-refractivity contribution in [3.8, 4) is 5.75 Å². The second-order valence-corrected chi connectivity index (χ2v) is 5.26. The molecular weight excluding hydrogens is 282 g/mol. The Labute approximate surface area is 131 Å². The van der Waals surface area contributed by atoms with Gasteiger partial charge in [-0.2, -0.15) is 0 Å². The van der Waals surface area contributed by atoms with Gasteiger partial charge in [-0.15, -0.1) is 0 Å². The highest BCUT2D eigenvalue weighted by atomic mass is 16.5. The predicted molar refractivity (Wildman–Crippen MR) is 84.0 cm³/mol. The molecule has 1 saturated heterocycles. The van der Waals surface area contributed by atoms with Crippen molar-refractivity contribution in [1.29, 1.82) is 0 Å². The number of ether oxygens (including phenoxy) is 1. The summed E-state index contributed by atoms with van der Waals surface area (Å²) < 4.78 is 5.15. The number of nitrogens with one attached hydrogen (secondary N) is 1. The minimum atomic E-state index is -0.0128. The number of carbonyl (C=O) groups is 2. The molecule has 0 atom stereocenters. The number of amides is 2. The first-order chi connectivity index (χ1) is 10.7. The predicted octanol–water partition coefficient (Wildman–Crippen LogP) is 0.589. The topological polar surface area (TPSA) is 61.9 Å². The van der Waals surface area contributed by atoms with Crippen LogP contribution in [0.1, 0.15) is 16.8 Å². The molecule has 0 radical (unpaired) electrons. The lowest BCUT2D eigenvalue weighted by atomic mass is 10.1. The number of benzene rings is 1. The minimum absolute atomic E-state index is 0.0128. The van der Waals surface area contributed by atoms with Crippen molar-refractivity contribution >= 4 is 11.8 Å². The van der Waals surface area contributed by atoms with Gasteiger partial charge < -0.3 is 19.9 Å². The Morgan fingerprint density at radius 2 is 1.86 bits per heavy atom. The largest absolute Gasteiger partial charge is 0.497 e. The molecule has 1 heterocycles. The highest BCUT2D eigenvalue weighted by Gasteiger charge is 2.24. The number of hydrogen-bond acceptors (Lipinski definition) is 4. The van der Waals surface area contributed by atoms with Crippen molar-refractivity contribution in [2.24, 2.45) is 0 Å². The number of methoxy groups -OCH3 is 1. The van der Waals surface area contributed by atoms with Gasteiger partial charge in [0.1, 0.15) is 5.75 Å². The fourth-order valence-electron chi connectivity index (χ4n) is 2.49. The fraction of sp³-hybridized carbons (Fsp3) is 0.500. The Balaban J connectivity index is 1.90. The summed E-state index contributed by atoms with van der Waals surface area (Å²) in [5.41, 5.74) is 0.620. The Morgan fingerprint density at radius 1 is 1.18 bits per heavy atom. The normalized spacial score (nSPS) is 14.8. The van der Waals surface area contributed by atoms with Gasteiger partial charge in [0.05, 0.1) is 7.11 Å². The summed E-state index contributed by atoms with van der Waals surface area (Å²) in [6.07, 6.45) is 0.500. The summed E-state index contributed by atoms with van der Waals surface area (Å²) in [5.74, 6) is 0.802.